The first kappa shape index (κ1) is 20.9. The van der Waals surface area contributed by atoms with Crippen LogP contribution in [0.5, 0.6) is 11.5 Å². The predicted molar refractivity (Wildman–Crippen MR) is 105 cm³/mol. The van der Waals surface area contributed by atoms with Crippen molar-refractivity contribution in [3.63, 3.8) is 0 Å². The molecule has 3 rings (SSSR count). The van der Waals surface area contributed by atoms with Gasteiger partial charge in [0.2, 0.25) is 20.0 Å². The van der Waals surface area contributed by atoms with E-state index >= 15 is 0 Å². The van der Waals surface area contributed by atoms with E-state index in [4.69, 9.17) is 20.5 Å². The van der Waals surface area contributed by atoms with Crippen LogP contribution in [0.1, 0.15) is 5.56 Å². The first-order chi connectivity index (χ1) is 12.4. The summed E-state index contributed by atoms with van der Waals surface area (Å²) in [7, 11) is -7.22. The fourth-order valence-electron chi connectivity index (χ4n) is 1.89. The summed E-state index contributed by atoms with van der Waals surface area (Å²) in [6.07, 6.45) is 1.36. The molecule has 8 nitrogen and oxygen atoms in total. The number of primary sulfonamides is 2. The molecule has 0 radical (unpaired) electrons. The van der Waals surface area contributed by atoms with E-state index in [-0.39, 0.29) is 15.7 Å². The number of hydrogen-bond acceptors (Lipinski definition) is 7. The van der Waals surface area contributed by atoms with E-state index in [2.05, 4.69) is 0 Å². The molecule has 0 bridgehead atoms. The second-order valence-corrected chi connectivity index (χ2v) is 9.64. The van der Waals surface area contributed by atoms with Gasteiger partial charge in [-0.3, -0.25) is 0 Å². The molecule has 1 aromatic heterocycles. The van der Waals surface area contributed by atoms with Crippen LogP contribution in [0.25, 0.3) is 16.2 Å². The molecule has 0 unspecified atom stereocenters. The maximum atomic E-state index is 11.0. The normalized spacial score (nSPS) is 12.1. The van der Waals surface area contributed by atoms with Gasteiger partial charge in [-0.25, -0.2) is 27.1 Å². The third kappa shape index (κ3) is 6.66. The Morgan fingerprint density at radius 2 is 1.44 bits per heavy atom. The molecule has 6 N–H and O–H groups in total. The number of aromatic hydroxyl groups is 2. The van der Waals surface area contributed by atoms with Gasteiger partial charge in [0.15, 0.2) is 0 Å². The molecular formula is C16H16N2O6S3. The molecule has 0 spiro atoms. The van der Waals surface area contributed by atoms with Gasteiger partial charge in [0.25, 0.3) is 0 Å². The smallest absolute Gasteiger partial charge is 0.247 e. The van der Waals surface area contributed by atoms with E-state index in [0.717, 1.165) is 22.1 Å². The Hall–Kier alpha value is -2.44. The molecule has 0 aliphatic carbocycles. The molecule has 27 heavy (non-hydrogen) atoms. The fraction of sp³-hybridized carbons (Fsp3) is 0. The first-order valence-electron chi connectivity index (χ1n) is 7.19. The summed E-state index contributed by atoms with van der Waals surface area (Å²) in [5.41, 5.74) is 0.659. The van der Waals surface area contributed by atoms with Gasteiger partial charge in [-0.2, -0.15) is 0 Å². The molecule has 2 aromatic carbocycles. The number of sulfonamides is 2. The standard InChI is InChI=1S/C8H7NO3S2.C8H9NO3S/c9-14(11,12)8-3-5-1-2-6(10)4-7(5)13-8;9-13(11,12)6-5-7-1-3-8(10)4-2-7/h1-4,10H,(H2,9,11,12);1-6,10H,(H2,9,11,12). The minimum Gasteiger partial charge on any atom is -0.508 e. The van der Waals surface area contributed by atoms with Crippen LogP contribution in [0.3, 0.4) is 0 Å². The van der Waals surface area contributed by atoms with Gasteiger partial charge in [-0.1, -0.05) is 12.1 Å². The van der Waals surface area contributed by atoms with E-state index < -0.39 is 20.0 Å². The van der Waals surface area contributed by atoms with Crippen LogP contribution >= 0.6 is 11.3 Å². The van der Waals surface area contributed by atoms with Gasteiger partial charge in [-0.05, 0) is 53.4 Å². The minimum absolute atomic E-state index is 0.109. The lowest BCUT2D eigenvalue weighted by Crippen LogP contribution is -2.09. The number of phenols is 2. The monoisotopic (exact) mass is 428 g/mol. The van der Waals surface area contributed by atoms with Gasteiger partial charge in [0.05, 0.1) is 0 Å². The van der Waals surface area contributed by atoms with Crippen LogP contribution in [0.2, 0.25) is 0 Å². The summed E-state index contributed by atoms with van der Waals surface area (Å²) in [5, 5.41) is 29.5. The summed E-state index contributed by atoms with van der Waals surface area (Å²) in [6.45, 7) is 0. The van der Waals surface area contributed by atoms with Gasteiger partial charge in [-0.15, -0.1) is 11.3 Å². The summed E-state index contributed by atoms with van der Waals surface area (Å²) in [4.78, 5) is 0. The number of benzene rings is 2. The number of nitrogens with two attached hydrogens (primary N) is 2. The van der Waals surface area contributed by atoms with Crippen molar-refractivity contribution in [3.05, 3.63) is 59.5 Å². The molecule has 0 aliphatic rings. The van der Waals surface area contributed by atoms with Crippen LogP contribution in [0.4, 0.5) is 0 Å². The fourth-order valence-corrected chi connectivity index (χ4v) is 4.09. The Morgan fingerprint density at radius 3 is 2.00 bits per heavy atom. The maximum Gasteiger partial charge on any atom is 0.247 e. The summed E-state index contributed by atoms with van der Waals surface area (Å²) in [5.74, 6) is 0.244. The lowest BCUT2D eigenvalue weighted by Gasteiger charge is -1.93. The van der Waals surface area contributed by atoms with Gasteiger partial charge < -0.3 is 10.2 Å². The Morgan fingerprint density at radius 1 is 0.852 bits per heavy atom. The lowest BCUT2D eigenvalue weighted by molar-refractivity contribution is 0.475. The molecule has 144 valence electrons. The second kappa shape index (κ2) is 8.06. The van der Waals surface area contributed by atoms with Gasteiger partial charge in [0, 0.05) is 10.1 Å². The highest BCUT2D eigenvalue weighted by Gasteiger charge is 2.12. The zero-order valence-electron chi connectivity index (χ0n) is 13.7. The molecule has 0 fully saturated rings. The maximum absolute atomic E-state index is 11.0. The van der Waals surface area contributed by atoms with E-state index in [0.29, 0.717) is 10.3 Å². The van der Waals surface area contributed by atoms with Crippen molar-refractivity contribution in [2.24, 2.45) is 10.3 Å². The van der Waals surface area contributed by atoms with Crippen LogP contribution in [-0.2, 0) is 20.0 Å². The van der Waals surface area contributed by atoms with Gasteiger partial charge >= 0.3 is 0 Å². The largest absolute Gasteiger partial charge is 0.508 e. The van der Waals surface area contributed by atoms with E-state index in [1.54, 1.807) is 18.2 Å². The molecule has 1 heterocycles. The Bertz CT molecular complexity index is 1180. The van der Waals surface area contributed by atoms with Crippen LogP contribution in [0, 0.1) is 0 Å². The van der Waals surface area contributed by atoms with Crippen molar-refractivity contribution in [2.75, 3.05) is 0 Å². The van der Waals surface area contributed by atoms with Crippen molar-refractivity contribution in [2.45, 2.75) is 4.21 Å². The topological polar surface area (TPSA) is 161 Å². The first-order valence-corrected chi connectivity index (χ1v) is 11.2. The number of rotatable bonds is 3. The average molecular weight is 429 g/mol. The SMILES string of the molecule is NS(=O)(=O)C=Cc1ccc(O)cc1.NS(=O)(=O)c1cc2ccc(O)cc2s1. The Kier molecular flexibility index (Phi) is 6.23. The Labute approximate surface area is 160 Å². The third-order valence-corrected chi connectivity index (χ3v) is 6.14. The molecule has 0 amide bonds. The highest BCUT2D eigenvalue weighted by atomic mass is 32.2. The van der Waals surface area contributed by atoms with E-state index in [9.17, 15) is 16.8 Å². The zero-order valence-corrected chi connectivity index (χ0v) is 16.1. The molecular weight excluding hydrogens is 412 g/mol. The van der Waals surface area contributed by atoms with Crippen molar-refractivity contribution in [1.29, 1.82) is 0 Å². The molecule has 0 saturated carbocycles. The summed E-state index contributed by atoms with van der Waals surface area (Å²) >= 11 is 1.05. The highest BCUT2D eigenvalue weighted by Crippen LogP contribution is 2.30. The minimum atomic E-state index is -3.64. The number of phenolic OH excluding ortho intramolecular Hbond substituents is 2. The van der Waals surface area contributed by atoms with Crippen LogP contribution < -0.4 is 10.3 Å². The molecule has 3 aromatic rings. The zero-order chi connectivity index (χ0) is 20.2. The van der Waals surface area contributed by atoms with Crippen LogP contribution in [-0.4, -0.2) is 27.0 Å². The van der Waals surface area contributed by atoms with Crippen molar-refractivity contribution >= 4 is 47.5 Å². The summed E-state index contributed by atoms with van der Waals surface area (Å²) < 4.78 is 43.9. The van der Waals surface area contributed by atoms with Crippen molar-refractivity contribution < 1.29 is 27.0 Å². The predicted octanol–water partition coefficient (Wildman–Crippen LogP) is 1.91. The van der Waals surface area contributed by atoms with Gasteiger partial charge in [0.1, 0.15) is 15.7 Å². The van der Waals surface area contributed by atoms with Crippen LogP contribution in [0.15, 0.2) is 58.1 Å². The van der Waals surface area contributed by atoms with Crippen molar-refractivity contribution in [1.82, 2.24) is 0 Å². The Balaban J connectivity index is 0.000000194. The quantitative estimate of drug-likeness (QED) is 0.498. The molecule has 0 aliphatic heterocycles. The highest BCUT2D eigenvalue weighted by molar-refractivity contribution is 7.92. The molecule has 11 heteroatoms. The van der Waals surface area contributed by atoms with E-state index in [1.165, 1.54) is 36.4 Å². The summed E-state index contributed by atoms with van der Waals surface area (Å²) in [6, 6.07) is 12.2. The second-order valence-electron chi connectivity index (χ2n) is 5.32. The average Bonchev–Trinajstić information content (AvgIpc) is 2.97. The third-order valence-electron chi connectivity index (χ3n) is 3.10. The molecule has 0 saturated heterocycles. The molecule has 0 atom stereocenters. The van der Waals surface area contributed by atoms with Crippen molar-refractivity contribution in [3.8, 4) is 11.5 Å². The number of hydrogen-bond donors (Lipinski definition) is 4. The van der Waals surface area contributed by atoms with E-state index in [1.807, 2.05) is 0 Å². The number of thiophene rings is 1. The number of fused-ring (bicyclic) bond motifs is 1. The lowest BCUT2D eigenvalue weighted by atomic mass is 10.2.